The Morgan fingerprint density at radius 2 is 2.10 bits per heavy atom. The van der Waals surface area contributed by atoms with Gasteiger partial charge in [-0.2, -0.15) is 0 Å². The molecular formula is C17H21ClN2. The minimum Gasteiger partial charge on any atom is -0.310 e. The summed E-state index contributed by atoms with van der Waals surface area (Å²) in [6.45, 7) is 5.24. The van der Waals surface area contributed by atoms with Crippen molar-refractivity contribution in [1.29, 1.82) is 0 Å². The number of aryl methyl sites for hydroxylation is 1. The number of hydrogen-bond acceptors (Lipinski definition) is 2. The van der Waals surface area contributed by atoms with Gasteiger partial charge in [0, 0.05) is 23.0 Å². The second-order valence-electron chi connectivity index (χ2n) is 5.02. The van der Waals surface area contributed by atoms with E-state index in [1.54, 1.807) is 0 Å². The molecule has 0 aliphatic heterocycles. The average molecular weight is 289 g/mol. The van der Waals surface area contributed by atoms with Gasteiger partial charge in [-0.3, -0.25) is 4.98 Å². The molecule has 2 aromatic rings. The normalized spacial score (nSPS) is 12.3. The smallest absolute Gasteiger partial charge is 0.0420 e. The van der Waals surface area contributed by atoms with E-state index in [0.717, 1.165) is 30.1 Å². The highest BCUT2D eigenvalue weighted by Gasteiger charge is 2.14. The zero-order valence-corrected chi connectivity index (χ0v) is 12.8. The van der Waals surface area contributed by atoms with Crippen LogP contribution in [0.3, 0.4) is 0 Å². The highest BCUT2D eigenvalue weighted by atomic mass is 35.5. The van der Waals surface area contributed by atoms with E-state index in [2.05, 4.69) is 36.3 Å². The number of aromatic nitrogens is 1. The Hall–Kier alpha value is -1.38. The first-order valence-electron chi connectivity index (χ1n) is 7.10. The standard InChI is InChI=1S/C17H21ClN2/c1-3-9-20-17(16-8-5-10-19-13(16)2)12-14-6-4-7-15(18)11-14/h4-8,10-11,17,20H,3,9,12H2,1-2H3. The maximum Gasteiger partial charge on any atom is 0.0420 e. The van der Waals surface area contributed by atoms with Crippen LogP contribution in [0, 0.1) is 6.92 Å². The van der Waals surface area contributed by atoms with E-state index >= 15 is 0 Å². The first kappa shape index (κ1) is 15.0. The van der Waals surface area contributed by atoms with Gasteiger partial charge in [0.25, 0.3) is 0 Å². The lowest BCUT2D eigenvalue weighted by Crippen LogP contribution is -2.25. The van der Waals surface area contributed by atoms with E-state index < -0.39 is 0 Å². The average Bonchev–Trinajstić information content (AvgIpc) is 2.44. The van der Waals surface area contributed by atoms with Crippen LogP contribution in [0.1, 0.15) is 36.2 Å². The summed E-state index contributed by atoms with van der Waals surface area (Å²) in [5, 5.41) is 4.40. The number of halogens is 1. The van der Waals surface area contributed by atoms with Crippen LogP contribution in [0.2, 0.25) is 5.02 Å². The van der Waals surface area contributed by atoms with Crippen LogP contribution >= 0.6 is 11.6 Å². The molecule has 1 unspecified atom stereocenters. The fraction of sp³-hybridized carbons (Fsp3) is 0.353. The molecule has 0 spiro atoms. The lowest BCUT2D eigenvalue weighted by molar-refractivity contribution is 0.525. The Labute approximate surface area is 126 Å². The van der Waals surface area contributed by atoms with E-state index in [1.807, 2.05) is 30.5 Å². The number of nitrogens with one attached hydrogen (secondary N) is 1. The molecule has 2 nitrogen and oxygen atoms in total. The fourth-order valence-electron chi connectivity index (χ4n) is 2.38. The van der Waals surface area contributed by atoms with Gasteiger partial charge < -0.3 is 5.32 Å². The van der Waals surface area contributed by atoms with Gasteiger partial charge in [0.2, 0.25) is 0 Å². The van der Waals surface area contributed by atoms with Crippen molar-refractivity contribution in [3.05, 3.63) is 64.4 Å². The van der Waals surface area contributed by atoms with Gasteiger partial charge in [0.1, 0.15) is 0 Å². The molecule has 2 rings (SSSR count). The van der Waals surface area contributed by atoms with Gasteiger partial charge >= 0.3 is 0 Å². The van der Waals surface area contributed by atoms with Gasteiger partial charge in [-0.15, -0.1) is 0 Å². The number of benzene rings is 1. The quantitative estimate of drug-likeness (QED) is 0.856. The third-order valence-corrected chi connectivity index (χ3v) is 3.63. The molecule has 3 heteroatoms. The molecule has 0 aliphatic carbocycles. The van der Waals surface area contributed by atoms with E-state index in [-0.39, 0.29) is 6.04 Å². The maximum absolute atomic E-state index is 6.08. The maximum atomic E-state index is 6.08. The van der Waals surface area contributed by atoms with Crippen molar-refractivity contribution < 1.29 is 0 Å². The van der Waals surface area contributed by atoms with Gasteiger partial charge in [-0.25, -0.2) is 0 Å². The highest BCUT2D eigenvalue weighted by molar-refractivity contribution is 6.30. The summed E-state index contributed by atoms with van der Waals surface area (Å²) >= 11 is 6.08. The van der Waals surface area contributed by atoms with Crippen molar-refractivity contribution in [2.24, 2.45) is 0 Å². The van der Waals surface area contributed by atoms with Gasteiger partial charge in [0.15, 0.2) is 0 Å². The Morgan fingerprint density at radius 1 is 1.25 bits per heavy atom. The largest absolute Gasteiger partial charge is 0.310 e. The summed E-state index contributed by atoms with van der Waals surface area (Å²) in [7, 11) is 0. The summed E-state index contributed by atoms with van der Waals surface area (Å²) in [6, 6.07) is 12.5. The van der Waals surface area contributed by atoms with Crippen LogP contribution in [0.25, 0.3) is 0 Å². The molecular weight excluding hydrogens is 268 g/mol. The molecule has 1 aromatic carbocycles. The molecule has 0 amide bonds. The lowest BCUT2D eigenvalue weighted by atomic mass is 9.98. The molecule has 106 valence electrons. The van der Waals surface area contributed by atoms with E-state index in [0.29, 0.717) is 0 Å². The van der Waals surface area contributed by atoms with Gasteiger partial charge in [-0.1, -0.05) is 36.7 Å². The molecule has 1 heterocycles. The van der Waals surface area contributed by atoms with Crippen molar-refractivity contribution in [3.63, 3.8) is 0 Å². The van der Waals surface area contributed by atoms with Gasteiger partial charge in [0.05, 0.1) is 0 Å². The monoisotopic (exact) mass is 288 g/mol. The van der Waals surface area contributed by atoms with Crippen molar-refractivity contribution in [2.75, 3.05) is 6.54 Å². The number of nitrogens with zero attached hydrogens (tertiary/aromatic N) is 1. The minimum atomic E-state index is 0.280. The Kier molecular flexibility index (Phi) is 5.57. The third-order valence-electron chi connectivity index (χ3n) is 3.39. The minimum absolute atomic E-state index is 0.280. The first-order valence-corrected chi connectivity index (χ1v) is 7.48. The van der Waals surface area contributed by atoms with E-state index in [9.17, 15) is 0 Å². The Morgan fingerprint density at radius 3 is 2.80 bits per heavy atom. The van der Waals surface area contributed by atoms with Crippen molar-refractivity contribution in [2.45, 2.75) is 32.7 Å². The summed E-state index contributed by atoms with van der Waals surface area (Å²) in [4.78, 5) is 4.40. The fourth-order valence-corrected chi connectivity index (χ4v) is 2.59. The molecule has 0 saturated heterocycles. The zero-order chi connectivity index (χ0) is 14.4. The number of pyridine rings is 1. The second-order valence-corrected chi connectivity index (χ2v) is 5.46. The molecule has 0 radical (unpaired) electrons. The van der Waals surface area contributed by atoms with Crippen LogP contribution in [0.15, 0.2) is 42.6 Å². The van der Waals surface area contributed by atoms with Crippen LogP contribution in [0.5, 0.6) is 0 Å². The predicted molar refractivity (Wildman–Crippen MR) is 85.2 cm³/mol. The van der Waals surface area contributed by atoms with Crippen molar-refractivity contribution in [3.8, 4) is 0 Å². The molecule has 20 heavy (non-hydrogen) atoms. The van der Waals surface area contributed by atoms with Crippen LogP contribution < -0.4 is 5.32 Å². The van der Waals surface area contributed by atoms with E-state index in [4.69, 9.17) is 11.6 Å². The number of hydrogen-bond donors (Lipinski definition) is 1. The molecule has 0 aliphatic rings. The van der Waals surface area contributed by atoms with Crippen molar-refractivity contribution in [1.82, 2.24) is 10.3 Å². The van der Waals surface area contributed by atoms with E-state index in [1.165, 1.54) is 11.1 Å². The molecule has 1 aromatic heterocycles. The molecule has 1 N–H and O–H groups in total. The Bertz CT molecular complexity index is 554. The van der Waals surface area contributed by atoms with Crippen LogP contribution in [0.4, 0.5) is 0 Å². The lowest BCUT2D eigenvalue weighted by Gasteiger charge is -2.20. The molecule has 0 bridgehead atoms. The van der Waals surface area contributed by atoms with Crippen LogP contribution in [-0.2, 0) is 6.42 Å². The summed E-state index contributed by atoms with van der Waals surface area (Å²) in [5.74, 6) is 0. The topological polar surface area (TPSA) is 24.9 Å². The summed E-state index contributed by atoms with van der Waals surface area (Å²) < 4.78 is 0. The summed E-state index contributed by atoms with van der Waals surface area (Å²) in [6.07, 6.45) is 3.88. The highest BCUT2D eigenvalue weighted by Crippen LogP contribution is 2.22. The Balaban J connectivity index is 2.22. The SMILES string of the molecule is CCCNC(Cc1cccc(Cl)c1)c1cccnc1C. The number of rotatable bonds is 6. The zero-order valence-electron chi connectivity index (χ0n) is 12.1. The molecule has 1 atom stereocenters. The third kappa shape index (κ3) is 4.06. The first-order chi connectivity index (χ1) is 9.70. The predicted octanol–water partition coefficient (Wildman–Crippen LogP) is 4.33. The second kappa shape index (κ2) is 7.41. The molecule has 0 saturated carbocycles. The van der Waals surface area contributed by atoms with Crippen molar-refractivity contribution >= 4 is 11.6 Å². The summed E-state index contributed by atoms with van der Waals surface area (Å²) in [5.41, 5.74) is 3.60. The molecule has 0 fully saturated rings. The van der Waals surface area contributed by atoms with Crippen LogP contribution in [-0.4, -0.2) is 11.5 Å². The van der Waals surface area contributed by atoms with Gasteiger partial charge in [-0.05, 0) is 55.6 Å².